The van der Waals surface area contributed by atoms with E-state index in [1.807, 2.05) is 0 Å². The minimum Gasteiger partial charge on any atom is -0.394 e. The van der Waals surface area contributed by atoms with Crippen molar-refractivity contribution in [1.29, 1.82) is 0 Å². The van der Waals surface area contributed by atoms with Crippen molar-refractivity contribution in [3.63, 3.8) is 0 Å². The second-order valence-electron chi connectivity index (χ2n) is 2.63. The average Bonchev–Trinajstić information content (AvgIpc) is 2.09. The molecular formula is C7H12N2O3S. The van der Waals surface area contributed by atoms with Crippen molar-refractivity contribution < 1.29 is 14.6 Å². The molecule has 0 aliphatic carbocycles. The van der Waals surface area contributed by atoms with Crippen LogP contribution in [0.25, 0.3) is 0 Å². The molecule has 1 fully saturated rings. The normalized spacial score (nSPS) is 17.5. The number of hydrogen-bond donors (Lipinski definition) is 2. The number of ether oxygens (including phenoxy) is 1. The van der Waals surface area contributed by atoms with Crippen LogP contribution in [0.3, 0.4) is 0 Å². The molecule has 13 heavy (non-hydrogen) atoms. The third kappa shape index (κ3) is 3.25. The van der Waals surface area contributed by atoms with Gasteiger partial charge in [0.1, 0.15) is 6.73 Å². The van der Waals surface area contributed by atoms with Crippen LogP contribution in [0.4, 0.5) is 0 Å². The van der Waals surface area contributed by atoms with Gasteiger partial charge in [0.15, 0.2) is 5.11 Å². The van der Waals surface area contributed by atoms with Crippen LogP contribution in [-0.2, 0) is 9.53 Å². The summed E-state index contributed by atoms with van der Waals surface area (Å²) < 4.78 is 5.07. The molecule has 0 unspecified atom stereocenters. The van der Waals surface area contributed by atoms with Crippen LogP contribution in [0.15, 0.2) is 0 Å². The number of aliphatic hydroxyl groups excluding tert-OH is 1. The molecule has 0 spiro atoms. The highest BCUT2D eigenvalue weighted by Crippen LogP contribution is 2.00. The van der Waals surface area contributed by atoms with Gasteiger partial charge in [0.05, 0.1) is 13.2 Å². The minimum absolute atomic E-state index is 0.00698. The van der Waals surface area contributed by atoms with Gasteiger partial charge in [-0.05, 0) is 12.2 Å². The van der Waals surface area contributed by atoms with Crippen molar-refractivity contribution in [2.24, 2.45) is 0 Å². The Labute approximate surface area is 81.7 Å². The topological polar surface area (TPSA) is 61.8 Å². The van der Waals surface area contributed by atoms with Gasteiger partial charge >= 0.3 is 0 Å². The van der Waals surface area contributed by atoms with Crippen molar-refractivity contribution >= 4 is 23.2 Å². The molecule has 0 aromatic carbocycles. The Morgan fingerprint density at radius 3 is 3.08 bits per heavy atom. The Morgan fingerprint density at radius 1 is 1.69 bits per heavy atom. The summed E-state index contributed by atoms with van der Waals surface area (Å²) in [5.41, 5.74) is 0. The molecule has 1 heterocycles. The van der Waals surface area contributed by atoms with Gasteiger partial charge in [-0.15, -0.1) is 0 Å². The van der Waals surface area contributed by atoms with Gasteiger partial charge in [-0.1, -0.05) is 0 Å². The van der Waals surface area contributed by atoms with Crippen LogP contribution in [0.1, 0.15) is 6.42 Å². The summed E-state index contributed by atoms with van der Waals surface area (Å²) in [5, 5.41) is 11.4. The Kier molecular flexibility index (Phi) is 4.07. The lowest BCUT2D eigenvalue weighted by atomic mass is 10.3. The third-order valence-electron chi connectivity index (χ3n) is 1.63. The molecule has 0 aromatic heterocycles. The maximum absolute atomic E-state index is 10.8. The molecule has 1 aliphatic heterocycles. The maximum atomic E-state index is 10.8. The molecule has 6 heteroatoms. The van der Waals surface area contributed by atoms with Crippen LogP contribution in [0, 0.1) is 0 Å². The zero-order valence-electron chi connectivity index (χ0n) is 7.15. The molecule has 0 atom stereocenters. The molecule has 0 bridgehead atoms. The Hall–Kier alpha value is -0.720. The fraction of sp³-hybridized carbons (Fsp3) is 0.714. The first-order valence-corrected chi connectivity index (χ1v) is 4.42. The first kappa shape index (κ1) is 10.4. The van der Waals surface area contributed by atoms with Crippen LogP contribution in [0.5, 0.6) is 0 Å². The Balaban J connectivity index is 2.26. The summed E-state index contributed by atoms with van der Waals surface area (Å²) >= 11 is 4.91. The second kappa shape index (κ2) is 5.11. The molecule has 0 aromatic rings. The first-order chi connectivity index (χ1) is 6.24. The Bertz CT molecular complexity index is 210. The number of amides is 1. The van der Waals surface area contributed by atoms with E-state index in [0.717, 1.165) is 0 Å². The van der Waals surface area contributed by atoms with E-state index in [-0.39, 0.29) is 19.1 Å². The van der Waals surface area contributed by atoms with Crippen molar-refractivity contribution in [2.75, 3.05) is 26.5 Å². The number of thiocarbonyl (C=S) groups is 1. The molecule has 1 saturated heterocycles. The van der Waals surface area contributed by atoms with E-state index >= 15 is 0 Å². The molecule has 0 radical (unpaired) electrons. The number of rotatable bonds is 4. The van der Waals surface area contributed by atoms with E-state index in [9.17, 15) is 4.79 Å². The summed E-state index contributed by atoms with van der Waals surface area (Å²) in [6, 6.07) is 0. The second-order valence-corrected chi connectivity index (χ2v) is 3.01. The highest BCUT2D eigenvalue weighted by Gasteiger charge is 2.18. The summed E-state index contributed by atoms with van der Waals surface area (Å²) in [6.45, 7) is 1.18. The summed E-state index contributed by atoms with van der Waals surface area (Å²) in [5.74, 6) is -0.0524. The van der Waals surface area contributed by atoms with E-state index in [4.69, 9.17) is 22.1 Å². The smallest absolute Gasteiger partial charge is 0.227 e. The lowest BCUT2D eigenvalue weighted by molar-refractivity contribution is -0.121. The minimum atomic E-state index is -0.0524. The van der Waals surface area contributed by atoms with Gasteiger partial charge < -0.3 is 20.1 Å². The van der Waals surface area contributed by atoms with E-state index in [2.05, 4.69) is 5.32 Å². The highest BCUT2D eigenvalue weighted by atomic mass is 32.1. The van der Waals surface area contributed by atoms with Crippen molar-refractivity contribution in [3.05, 3.63) is 0 Å². The van der Waals surface area contributed by atoms with Crippen LogP contribution < -0.4 is 5.32 Å². The van der Waals surface area contributed by atoms with Crippen LogP contribution >= 0.6 is 12.2 Å². The first-order valence-electron chi connectivity index (χ1n) is 4.01. The number of nitrogens with zero attached hydrogens (tertiary/aromatic N) is 1. The van der Waals surface area contributed by atoms with Gasteiger partial charge in [-0.2, -0.15) is 0 Å². The van der Waals surface area contributed by atoms with Gasteiger partial charge in [-0.3, -0.25) is 4.79 Å². The van der Waals surface area contributed by atoms with E-state index in [1.54, 1.807) is 4.90 Å². The lowest BCUT2D eigenvalue weighted by Gasteiger charge is -2.28. The molecule has 1 aliphatic rings. The van der Waals surface area contributed by atoms with Crippen molar-refractivity contribution in [1.82, 2.24) is 10.2 Å². The maximum Gasteiger partial charge on any atom is 0.227 e. The number of carbonyl (C=O) groups is 1. The number of carbonyl (C=O) groups excluding carboxylic acids is 1. The van der Waals surface area contributed by atoms with E-state index in [0.29, 0.717) is 24.8 Å². The van der Waals surface area contributed by atoms with Gasteiger partial charge in [0.25, 0.3) is 0 Å². The molecule has 2 N–H and O–H groups in total. The number of nitrogens with one attached hydrogen (secondary N) is 1. The highest BCUT2D eigenvalue weighted by molar-refractivity contribution is 7.80. The molecule has 74 valence electrons. The largest absolute Gasteiger partial charge is 0.394 e. The zero-order valence-corrected chi connectivity index (χ0v) is 7.97. The molecule has 0 saturated carbocycles. The van der Waals surface area contributed by atoms with Gasteiger partial charge in [0, 0.05) is 13.0 Å². The number of aliphatic hydroxyl groups is 1. The third-order valence-corrected chi connectivity index (χ3v) is 1.99. The predicted octanol–water partition coefficient (Wildman–Crippen LogP) is -0.940. The lowest BCUT2D eigenvalue weighted by Crippen LogP contribution is -2.49. The van der Waals surface area contributed by atoms with Crippen molar-refractivity contribution in [2.45, 2.75) is 6.42 Å². The monoisotopic (exact) mass is 204 g/mol. The molecule has 1 rings (SSSR count). The molecule has 5 nitrogen and oxygen atoms in total. The van der Waals surface area contributed by atoms with Gasteiger partial charge in [0.2, 0.25) is 5.91 Å². The predicted molar refractivity (Wildman–Crippen MR) is 50.0 cm³/mol. The quantitative estimate of drug-likeness (QED) is 0.457. The summed E-state index contributed by atoms with van der Waals surface area (Å²) in [6.07, 6.45) is 0.433. The average molecular weight is 204 g/mol. The van der Waals surface area contributed by atoms with E-state index < -0.39 is 0 Å². The van der Waals surface area contributed by atoms with Crippen LogP contribution in [-0.4, -0.2) is 47.5 Å². The van der Waals surface area contributed by atoms with Crippen molar-refractivity contribution in [3.8, 4) is 0 Å². The fourth-order valence-corrected chi connectivity index (χ4v) is 1.22. The zero-order chi connectivity index (χ0) is 9.68. The fourth-order valence-electron chi connectivity index (χ4n) is 0.961. The van der Waals surface area contributed by atoms with Gasteiger partial charge in [-0.25, -0.2) is 0 Å². The van der Waals surface area contributed by atoms with E-state index in [1.165, 1.54) is 0 Å². The molecule has 1 amide bonds. The number of hydrogen-bond acceptors (Lipinski definition) is 4. The standard InChI is InChI=1S/C7H12N2O3S/c10-3-4-12-5-9-2-1-6(11)8-7(9)13/h10H,1-5H2,(H,8,11,13). The summed E-state index contributed by atoms with van der Waals surface area (Å²) in [7, 11) is 0. The SMILES string of the molecule is O=C1CCN(COCCO)C(=S)N1. The Morgan fingerprint density at radius 2 is 2.46 bits per heavy atom. The summed E-state index contributed by atoms with van der Waals surface area (Å²) in [4.78, 5) is 12.6. The van der Waals surface area contributed by atoms with Crippen LogP contribution in [0.2, 0.25) is 0 Å². The molecular weight excluding hydrogens is 192 g/mol.